The van der Waals surface area contributed by atoms with Crippen LogP contribution in [0, 0.1) is 17.2 Å². The molecule has 16 heavy (non-hydrogen) atoms. The second kappa shape index (κ2) is 5.50. The number of rotatable bonds is 4. The van der Waals surface area contributed by atoms with Crippen molar-refractivity contribution in [3.05, 3.63) is 0 Å². The van der Waals surface area contributed by atoms with Gasteiger partial charge in [0, 0.05) is 6.54 Å². The smallest absolute Gasteiger partial charge is 0.240 e. The van der Waals surface area contributed by atoms with Gasteiger partial charge in [-0.15, -0.1) is 0 Å². The second-order valence-electron chi connectivity index (χ2n) is 4.06. The molecule has 0 aliphatic carbocycles. The summed E-state index contributed by atoms with van der Waals surface area (Å²) in [5.74, 6) is -1.35. The van der Waals surface area contributed by atoms with E-state index in [0.717, 1.165) is 12.8 Å². The fourth-order valence-electron chi connectivity index (χ4n) is 2.06. The number of carbonyl (C=O) groups excluding carboxylic acids is 2. The summed E-state index contributed by atoms with van der Waals surface area (Å²) in [5, 5.41) is 8.90. The molecular formula is C11H17N3O2. The average molecular weight is 223 g/mol. The van der Waals surface area contributed by atoms with Gasteiger partial charge in [0.15, 0.2) is 0 Å². The van der Waals surface area contributed by atoms with E-state index in [4.69, 9.17) is 11.0 Å². The highest BCUT2D eigenvalue weighted by Gasteiger charge is 2.35. The van der Waals surface area contributed by atoms with Gasteiger partial charge in [0.05, 0.1) is 6.07 Å². The normalized spacial score (nSPS) is 21.5. The zero-order chi connectivity index (χ0) is 12.1. The second-order valence-corrected chi connectivity index (χ2v) is 4.06. The Morgan fingerprint density at radius 2 is 2.31 bits per heavy atom. The lowest BCUT2D eigenvalue weighted by atomic mass is 10.0. The van der Waals surface area contributed by atoms with Crippen LogP contribution < -0.4 is 5.73 Å². The predicted octanol–water partition coefficient (Wildman–Crippen LogP) is 0.403. The van der Waals surface area contributed by atoms with E-state index in [1.54, 1.807) is 0 Å². The highest BCUT2D eigenvalue weighted by Crippen LogP contribution is 2.21. The standard InChI is InChI=1S/C11H17N3O2/c1-2-4-8(7-12)11(16)14-6-3-5-9(14)10(13)15/h8-9H,2-6H2,1H3,(H2,13,15). The zero-order valence-corrected chi connectivity index (χ0v) is 9.48. The molecule has 0 spiro atoms. The largest absolute Gasteiger partial charge is 0.368 e. The van der Waals surface area contributed by atoms with E-state index < -0.39 is 17.9 Å². The molecule has 0 aromatic carbocycles. The molecule has 5 heteroatoms. The van der Waals surface area contributed by atoms with Crippen LogP contribution in [0.5, 0.6) is 0 Å². The van der Waals surface area contributed by atoms with E-state index in [2.05, 4.69) is 0 Å². The number of primary amides is 1. The molecule has 0 radical (unpaired) electrons. The lowest BCUT2D eigenvalue weighted by molar-refractivity contribution is -0.139. The number of hydrogen-bond acceptors (Lipinski definition) is 3. The van der Waals surface area contributed by atoms with Crippen LogP contribution in [0.2, 0.25) is 0 Å². The van der Waals surface area contributed by atoms with Crippen molar-refractivity contribution in [1.82, 2.24) is 4.90 Å². The van der Waals surface area contributed by atoms with Gasteiger partial charge in [0.2, 0.25) is 11.8 Å². The van der Waals surface area contributed by atoms with Crippen molar-refractivity contribution in [3.63, 3.8) is 0 Å². The van der Waals surface area contributed by atoms with Gasteiger partial charge in [-0.25, -0.2) is 0 Å². The SMILES string of the molecule is CCCC(C#N)C(=O)N1CCCC1C(N)=O. The topological polar surface area (TPSA) is 87.2 Å². The molecule has 0 aromatic heterocycles. The Balaban J connectivity index is 2.72. The van der Waals surface area contributed by atoms with Gasteiger partial charge >= 0.3 is 0 Å². The molecule has 1 aliphatic heterocycles. The molecule has 88 valence electrons. The summed E-state index contributed by atoms with van der Waals surface area (Å²) in [6, 6.07) is 1.48. The van der Waals surface area contributed by atoms with Crippen molar-refractivity contribution in [2.24, 2.45) is 11.7 Å². The van der Waals surface area contributed by atoms with Gasteiger partial charge in [-0.2, -0.15) is 5.26 Å². The number of nitrogens with zero attached hydrogens (tertiary/aromatic N) is 2. The third kappa shape index (κ3) is 2.51. The molecule has 2 atom stereocenters. The first-order valence-electron chi connectivity index (χ1n) is 5.61. The molecule has 1 heterocycles. The van der Waals surface area contributed by atoms with E-state index in [-0.39, 0.29) is 5.91 Å². The fourth-order valence-corrected chi connectivity index (χ4v) is 2.06. The maximum absolute atomic E-state index is 12.0. The van der Waals surface area contributed by atoms with Gasteiger partial charge in [0.25, 0.3) is 0 Å². The van der Waals surface area contributed by atoms with Gasteiger partial charge in [-0.1, -0.05) is 13.3 Å². The molecule has 2 unspecified atom stereocenters. The average Bonchev–Trinajstić information content (AvgIpc) is 2.73. The van der Waals surface area contributed by atoms with E-state index in [1.807, 2.05) is 13.0 Å². The minimum Gasteiger partial charge on any atom is -0.368 e. The molecule has 2 N–H and O–H groups in total. The lowest BCUT2D eigenvalue weighted by Crippen LogP contribution is -2.45. The predicted molar refractivity (Wildman–Crippen MR) is 57.9 cm³/mol. The van der Waals surface area contributed by atoms with Crippen molar-refractivity contribution in [3.8, 4) is 6.07 Å². The van der Waals surface area contributed by atoms with Crippen LogP contribution in [-0.4, -0.2) is 29.3 Å². The van der Waals surface area contributed by atoms with Gasteiger partial charge < -0.3 is 10.6 Å². The summed E-state index contributed by atoms with van der Waals surface area (Å²) in [7, 11) is 0. The number of nitrogens with two attached hydrogens (primary N) is 1. The summed E-state index contributed by atoms with van der Waals surface area (Å²) < 4.78 is 0. The summed E-state index contributed by atoms with van der Waals surface area (Å²) >= 11 is 0. The lowest BCUT2D eigenvalue weighted by Gasteiger charge is -2.24. The minimum atomic E-state index is -0.634. The molecular weight excluding hydrogens is 206 g/mol. The van der Waals surface area contributed by atoms with Gasteiger partial charge in [0.1, 0.15) is 12.0 Å². The van der Waals surface area contributed by atoms with E-state index in [1.165, 1.54) is 4.90 Å². The van der Waals surface area contributed by atoms with Crippen LogP contribution in [0.4, 0.5) is 0 Å². The molecule has 1 saturated heterocycles. The maximum Gasteiger partial charge on any atom is 0.240 e. The Labute approximate surface area is 95.2 Å². The monoisotopic (exact) mass is 223 g/mol. The Morgan fingerprint density at radius 3 is 2.81 bits per heavy atom. The Kier molecular flexibility index (Phi) is 4.29. The van der Waals surface area contributed by atoms with Crippen LogP contribution in [0.25, 0.3) is 0 Å². The quantitative estimate of drug-likeness (QED) is 0.748. The number of nitriles is 1. The van der Waals surface area contributed by atoms with Gasteiger partial charge in [-0.05, 0) is 19.3 Å². The molecule has 0 bridgehead atoms. The molecule has 0 saturated carbocycles. The Hall–Kier alpha value is -1.57. The van der Waals surface area contributed by atoms with Crippen LogP contribution in [0.3, 0.4) is 0 Å². The molecule has 5 nitrogen and oxygen atoms in total. The maximum atomic E-state index is 12.0. The highest BCUT2D eigenvalue weighted by molar-refractivity contribution is 5.89. The number of hydrogen-bond donors (Lipinski definition) is 1. The number of carbonyl (C=O) groups is 2. The number of likely N-dealkylation sites (tertiary alicyclic amines) is 1. The van der Waals surface area contributed by atoms with Crippen molar-refractivity contribution in [2.45, 2.75) is 38.6 Å². The summed E-state index contributed by atoms with van der Waals surface area (Å²) in [5.41, 5.74) is 5.23. The van der Waals surface area contributed by atoms with Crippen LogP contribution >= 0.6 is 0 Å². The first-order valence-corrected chi connectivity index (χ1v) is 5.61. The molecule has 0 aromatic rings. The van der Waals surface area contributed by atoms with Crippen LogP contribution in [0.1, 0.15) is 32.6 Å². The van der Waals surface area contributed by atoms with E-state index >= 15 is 0 Å². The van der Waals surface area contributed by atoms with Crippen LogP contribution in [-0.2, 0) is 9.59 Å². The third-order valence-electron chi connectivity index (χ3n) is 2.90. The molecule has 1 fully saturated rings. The summed E-state index contributed by atoms with van der Waals surface area (Å²) in [4.78, 5) is 24.6. The molecule has 1 aliphatic rings. The van der Waals surface area contributed by atoms with Crippen molar-refractivity contribution in [1.29, 1.82) is 5.26 Å². The zero-order valence-electron chi connectivity index (χ0n) is 9.48. The van der Waals surface area contributed by atoms with Crippen molar-refractivity contribution >= 4 is 11.8 Å². The summed E-state index contributed by atoms with van der Waals surface area (Å²) in [6.45, 7) is 2.46. The summed E-state index contributed by atoms with van der Waals surface area (Å²) in [6.07, 6.45) is 2.71. The third-order valence-corrected chi connectivity index (χ3v) is 2.90. The van der Waals surface area contributed by atoms with E-state index in [9.17, 15) is 9.59 Å². The van der Waals surface area contributed by atoms with Gasteiger partial charge in [-0.3, -0.25) is 9.59 Å². The highest BCUT2D eigenvalue weighted by atomic mass is 16.2. The van der Waals surface area contributed by atoms with E-state index in [0.29, 0.717) is 19.4 Å². The minimum absolute atomic E-state index is 0.245. The van der Waals surface area contributed by atoms with Crippen molar-refractivity contribution < 1.29 is 9.59 Å². The Morgan fingerprint density at radius 1 is 1.62 bits per heavy atom. The first-order chi connectivity index (χ1) is 7.61. The fraction of sp³-hybridized carbons (Fsp3) is 0.727. The Bertz CT molecular complexity index is 322. The molecule has 2 amide bonds. The number of amides is 2. The first kappa shape index (κ1) is 12.5. The van der Waals surface area contributed by atoms with Crippen molar-refractivity contribution in [2.75, 3.05) is 6.54 Å². The van der Waals surface area contributed by atoms with Crippen LogP contribution in [0.15, 0.2) is 0 Å². The molecule has 1 rings (SSSR count).